The lowest BCUT2D eigenvalue weighted by atomic mass is 9.95. The zero-order valence-electron chi connectivity index (χ0n) is 17.1. The number of fused-ring (bicyclic) bond motifs is 2. The van der Waals surface area contributed by atoms with E-state index < -0.39 is 0 Å². The third kappa shape index (κ3) is 3.40. The monoisotopic (exact) mass is 403 g/mol. The van der Waals surface area contributed by atoms with Crippen molar-refractivity contribution in [1.82, 2.24) is 24.1 Å². The second-order valence-electron chi connectivity index (χ2n) is 7.83. The number of benzene rings is 1. The number of amides is 1. The molecule has 7 nitrogen and oxygen atoms in total. The molecule has 0 spiro atoms. The maximum atomic E-state index is 12.8. The lowest BCUT2D eigenvalue weighted by Crippen LogP contribution is -2.38. The Balaban J connectivity index is 1.19. The maximum absolute atomic E-state index is 12.8. The molecule has 1 amide bonds. The number of aryl methyl sites for hydroxylation is 1. The third-order valence-electron chi connectivity index (χ3n) is 6.10. The molecule has 4 heterocycles. The van der Waals surface area contributed by atoms with Gasteiger partial charge in [-0.05, 0) is 49.2 Å². The summed E-state index contributed by atoms with van der Waals surface area (Å²) in [5, 5.41) is 9.79. The maximum Gasteiger partial charge on any atom is 0.224 e. The Morgan fingerprint density at radius 1 is 1.10 bits per heavy atom. The summed E-state index contributed by atoms with van der Waals surface area (Å²) in [6.45, 7) is 2.23. The summed E-state index contributed by atoms with van der Waals surface area (Å²) in [5.41, 5.74) is 2.00. The first-order chi connectivity index (χ1) is 14.7. The summed E-state index contributed by atoms with van der Waals surface area (Å²) in [5.74, 6) is 2.41. The molecule has 4 aromatic rings. The predicted molar refractivity (Wildman–Crippen MR) is 115 cm³/mol. The van der Waals surface area contributed by atoms with E-state index in [0.29, 0.717) is 18.9 Å². The minimum atomic E-state index is 0.218. The van der Waals surface area contributed by atoms with E-state index in [9.17, 15) is 4.79 Å². The van der Waals surface area contributed by atoms with Crippen LogP contribution in [0.4, 0.5) is 0 Å². The highest BCUT2D eigenvalue weighted by molar-refractivity contribution is 5.82. The van der Waals surface area contributed by atoms with Crippen molar-refractivity contribution in [2.45, 2.75) is 31.7 Å². The van der Waals surface area contributed by atoms with Crippen LogP contribution in [0.2, 0.25) is 0 Å². The van der Waals surface area contributed by atoms with Crippen LogP contribution in [0.5, 0.6) is 5.75 Å². The van der Waals surface area contributed by atoms with Crippen LogP contribution in [0.1, 0.15) is 31.0 Å². The van der Waals surface area contributed by atoms with Gasteiger partial charge in [0.1, 0.15) is 11.6 Å². The number of piperidine rings is 1. The molecule has 5 rings (SSSR count). The van der Waals surface area contributed by atoms with Gasteiger partial charge in [0.05, 0.1) is 7.11 Å². The van der Waals surface area contributed by atoms with E-state index in [1.807, 2.05) is 53.7 Å². The molecule has 1 saturated heterocycles. The molecule has 1 aliphatic heterocycles. The van der Waals surface area contributed by atoms with Gasteiger partial charge in [0.25, 0.3) is 0 Å². The van der Waals surface area contributed by atoms with Crippen molar-refractivity contribution in [3.63, 3.8) is 0 Å². The molecule has 0 atom stereocenters. The van der Waals surface area contributed by atoms with Gasteiger partial charge in [0.15, 0.2) is 5.65 Å². The van der Waals surface area contributed by atoms with Crippen molar-refractivity contribution in [3.05, 3.63) is 60.7 Å². The number of aromatic nitrogens is 4. The van der Waals surface area contributed by atoms with Crippen molar-refractivity contribution in [2.24, 2.45) is 0 Å². The average molecular weight is 403 g/mol. The van der Waals surface area contributed by atoms with Gasteiger partial charge >= 0.3 is 0 Å². The highest BCUT2D eigenvalue weighted by atomic mass is 16.5. The molecular formula is C23H25N5O2. The zero-order valence-corrected chi connectivity index (χ0v) is 17.1. The molecule has 1 fully saturated rings. The van der Waals surface area contributed by atoms with Crippen LogP contribution < -0.4 is 4.74 Å². The third-order valence-corrected chi connectivity index (χ3v) is 6.10. The van der Waals surface area contributed by atoms with Gasteiger partial charge < -0.3 is 14.2 Å². The minimum Gasteiger partial charge on any atom is -0.497 e. The van der Waals surface area contributed by atoms with E-state index in [1.54, 1.807) is 7.11 Å². The Bertz CT molecular complexity index is 1190. The van der Waals surface area contributed by atoms with Crippen LogP contribution in [0.3, 0.4) is 0 Å². The summed E-state index contributed by atoms with van der Waals surface area (Å²) in [4.78, 5) is 14.8. The summed E-state index contributed by atoms with van der Waals surface area (Å²) in [7, 11) is 1.67. The molecule has 1 aromatic carbocycles. The second kappa shape index (κ2) is 7.82. The van der Waals surface area contributed by atoms with Gasteiger partial charge in [-0.3, -0.25) is 9.20 Å². The van der Waals surface area contributed by atoms with Crippen molar-refractivity contribution in [1.29, 1.82) is 0 Å². The van der Waals surface area contributed by atoms with Crippen molar-refractivity contribution >= 4 is 22.5 Å². The molecule has 0 saturated carbocycles. The molecule has 0 N–H and O–H groups in total. The second-order valence-corrected chi connectivity index (χ2v) is 7.83. The molecule has 0 unspecified atom stereocenters. The van der Waals surface area contributed by atoms with Crippen LogP contribution in [0.15, 0.2) is 54.9 Å². The highest BCUT2D eigenvalue weighted by Crippen LogP contribution is 2.27. The van der Waals surface area contributed by atoms with Crippen molar-refractivity contribution in [2.75, 3.05) is 20.2 Å². The largest absolute Gasteiger partial charge is 0.497 e. The van der Waals surface area contributed by atoms with Crippen LogP contribution in [0.25, 0.3) is 16.6 Å². The smallest absolute Gasteiger partial charge is 0.224 e. The number of likely N-dealkylation sites (tertiary alicyclic amines) is 1. The Morgan fingerprint density at radius 3 is 2.80 bits per heavy atom. The van der Waals surface area contributed by atoms with Gasteiger partial charge in [0.2, 0.25) is 5.91 Å². The van der Waals surface area contributed by atoms with Gasteiger partial charge in [-0.1, -0.05) is 6.07 Å². The number of nitrogens with zero attached hydrogens (tertiary/aromatic N) is 5. The lowest BCUT2D eigenvalue weighted by Gasteiger charge is -2.31. The Morgan fingerprint density at radius 2 is 1.97 bits per heavy atom. The van der Waals surface area contributed by atoms with E-state index in [1.165, 1.54) is 0 Å². The number of rotatable bonds is 5. The fourth-order valence-electron chi connectivity index (χ4n) is 4.40. The molecule has 0 radical (unpaired) electrons. The Labute approximate surface area is 174 Å². The molecule has 3 aromatic heterocycles. The summed E-state index contributed by atoms with van der Waals surface area (Å²) >= 11 is 0. The first-order valence-electron chi connectivity index (χ1n) is 10.4. The van der Waals surface area contributed by atoms with E-state index in [2.05, 4.69) is 25.2 Å². The number of carbonyl (C=O) groups is 1. The van der Waals surface area contributed by atoms with Gasteiger partial charge in [-0.25, -0.2) is 0 Å². The molecule has 154 valence electrons. The van der Waals surface area contributed by atoms with Crippen LogP contribution in [0, 0.1) is 0 Å². The van der Waals surface area contributed by atoms with Crippen molar-refractivity contribution in [3.8, 4) is 5.75 Å². The molecular weight excluding hydrogens is 378 g/mol. The number of hydrogen-bond donors (Lipinski definition) is 0. The van der Waals surface area contributed by atoms with Crippen LogP contribution in [-0.4, -0.2) is 50.2 Å². The minimum absolute atomic E-state index is 0.218. The van der Waals surface area contributed by atoms with E-state index in [0.717, 1.165) is 54.1 Å². The molecule has 30 heavy (non-hydrogen) atoms. The van der Waals surface area contributed by atoms with Gasteiger partial charge in [-0.15, -0.1) is 10.2 Å². The highest BCUT2D eigenvalue weighted by Gasteiger charge is 2.26. The quantitative estimate of drug-likeness (QED) is 0.512. The molecule has 1 aliphatic rings. The SMILES string of the molecule is COc1ccc2c(ccn2CCC(=O)N2CCC(c3nnc4ccccn34)CC2)c1. The summed E-state index contributed by atoms with van der Waals surface area (Å²) < 4.78 is 9.49. The van der Waals surface area contributed by atoms with Gasteiger partial charge in [0, 0.05) is 55.3 Å². The number of methoxy groups -OCH3 is 1. The number of hydrogen-bond acceptors (Lipinski definition) is 4. The Kier molecular flexibility index (Phi) is 4.86. The van der Waals surface area contributed by atoms with E-state index in [-0.39, 0.29) is 5.91 Å². The predicted octanol–water partition coefficient (Wildman–Crippen LogP) is 3.49. The normalized spacial score (nSPS) is 15.2. The number of pyridine rings is 1. The molecule has 0 aliphatic carbocycles. The lowest BCUT2D eigenvalue weighted by molar-refractivity contribution is -0.132. The van der Waals surface area contributed by atoms with E-state index >= 15 is 0 Å². The number of carbonyl (C=O) groups excluding carboxylic acids is 1. The zero-order chi connectivity index (χ0) is 20.5. The van der Waals surface area contributed by atoms with Gasteiger partial charge in [-0.2, -0.15) is 0 Å². The topological polar surface area (TPSA) is 64.7 Å². The van der Waals surface area contributed by atoms with Crippen LogP contribution in [-0.2, 0) is 11.3 Å². The first-order valence-corrected chi connectivity index (χ1v) is 10.4. The molecule has 7 heteroatoms. The molecule has 0 bridgehead atoms. The average Bonchev–Trinajstić information content (AvgIpc) is 3.41. The fraction of sp³-hybridized carbons (Fsp3) is 0.348. The van der Waals surface area contributed by atoms with E-state index in [4.69, 9.17) is 4.74 Å². The summed E-state index contributed by atoms with van der Waals surface area (Å²) in [6, 6.07) is 14.0. The fourth-order valence-corrected chi connectivity index (χ4v) is 4.40. The number of ether oxygens (including phenoxy) is 1. The van der Waals surface area contributed by atoms with Crippen molar-refractivity contribution < 1.29 is 9.53 Å². The standard InChI is InChI=1S/C23H25N5O2/c1-30-19-5-6-20-18(16-19)9-12-26(20)15-10-22(29)27-13-7-17(8-14-27)23-25-24-21-4-2-3-11-28(21)23/h2-6,9,11-12,16-17H,7-8,10,13-15H2,1H3. The van der Waals surface area contributed by atoms with Crippen LogP contribution >= 0.6 is 0 Å². The Hall–Kier alpha value is -3.35. The summed E-state index contributed by atoms with van der Waals surface area (Å²) in [6.07, 6.45) is 6.41. The first kappa shape index (κ1) is 18.7.